The summed E-state index contributed by atoms with van der Waals surface area (Å²) in [7, 11) is 0. The Labute approximate surface area is 132 Å². The average Bonchev–Trinajstić information content (AvgIpc) is 2.76. The lowest BCUT2D eigenvalue weighted by molar-refractivity contribution is 0.601. The summed E-state index contributed by atoms with van der Waals surface area (Å²) in [6.07, 6.45) is 7.18. The topological polar surface area (TPSA) is 48.6 Å². The molecule has 2 N–H and O–H groups in total. The highest BCUT2D eigenvalue weighted by molar-refractivity contribution is 9.10. The van der Waals surface area contributed by atoms with Crippen LogP contribution < -0.4 is 5.69 Å². The quantitative estimate of drug-likeness (QED) is 0.514. The number of hydrogen-bond donors (Lipinski definition) is 2. The van der Waals surface area contributed by atoms with Gasteiger partial charge in [0.2, 0.25) is 0 Å². The largest absolute Gasteiger partial charge is 0.323 e. The number of benzene rings is 1. The van der Waals surface area contributed by atoms with Crippen LogP contribution >= 0.6 is 27.5 Å². The molecule has 110 valence electrons. The molecule has 0 fully saturated rings. The molecule has 1 aromatic carbocycles. The summed E-state index contributed by atoms with van der Waals surface area (Å²) in [5, 5.41) is -0.0196. The van der Waals surface area contributed by atoms with Gasteiger partial charge in [0.15, 0.2) is 0 Å². The van der Waals surface area contributed by atoms with Crippen LogP contribution in [0.3, 0.4) is 0 Å². The molecule has 0 spiro atoms. The molecule has 0 aliphatic carbocycles. The Balaban J connectivity index is 2.03. The van der Waals surface area contributed by atoms with Gasteiger partial charge in [0.25, 0.3) is 0 Å². The predicted octanol–water partition coefficient (Wildman–Crippen LogP) is 5.26. The molecule has 0 aliphatic heterocycles. The van der Waals surface area contributed by atoms with Crippen LogP contribution in [0.5, 0.6) is 0 Å². The van der Waals surface area contributed by atoms with Gasteiger partial charge < -0.3 is 9.97 Å². The van der Waals surface area contributed by atoms with E-state index < -0.39 is 0 Å². The first kappa shape index (κ1) is 15.6. The first-order chi connectivity index (χ1) is 9.61. The normalized spacial score (nSPS) is 12.9. The summed E-state index contributed by atoms with van der Waals surface area (Å²) in [5.74, 6) is 0. The van der Waals surface area contributed by atoms with Gasteiger partial charge in [-0.05, 0) is 24.1 Å². The minimum Gasteiger partial charge on any atom is -0.306 e. The summed E-state index contributed by atoms with van der Waals surface area (Å²) < 4.78 is 0.953. The molecule has 0 bridgehead atoms. The van der Waals surface area contributed by atoms with Crippen molar-refractivity contribution in [2.75, 3.05) is 0 Å². The van der Waals surface area contributed by atoms with Crippen LogP contribution in [-0.2, 0) is 0 Å². The van der Waals surface area contributed by atoms with Crippen LogP contribution in [-0.4, -0.2) is 9.97 Å². The van der Waals surface area contributed by atoms with E-state index in [0.29, 0.717) is 0 Å². The summed E-state index contributed by atoms with van der Waals surface area (Å²) in [4.78, 5) is 16.8. The van der Waals surface area contributed by atoms with Gasteiger partial charge >= 0.3 is 5.69 Å². The van der Waals surface area contributed by atoms with Gasteiger partial charge in [0, 0.05) is 4.47 Å². The van der Waals surface area contributed by atoms with E-state index in [9.17, 15) is 4.79 Å². The van der Waals surface area contributed by atoms with Crippen LogP contribution in [0.25, 0.3) is 11.0 Å². The van der Waals surface area contributed by atoms with Crippen molar-refractivity contribution in [3.05, 3.63) is 32.7 Å². The third-order valence-electron chi connectivity index (χ3n) is 3.53. The highest BCUT2D eigenvalue weighted by atomic mass is 79.9. The van der Waals surface area contributed by atoms with Crippen molar-refractivity contribution in [3.63, 3.8) is 0 Å². The lowest BCUT2D eigenvalue weighted by atomic mass is 10.0. The monoisotopic (exact) mass is 358 g/mol. The molecule has 1 aromatic heterocycles. The lowest BCUT2D eigenvalue weighted by Gasteiger charge is -2.12. The van der Waals surface area contributed by atoms with Crippen molar-refractivity contribution in [1.82, 2.24) is 9.97 Å². The molecule has 1 heterocycles. The van der Waals surface area contributed by atoms with E-state index in [1.165, 1.54) is 25.7 Å². The van der Waals surface area contributed by atoms with E-state index in [2.05, 4.69) is 32.8 Å². The minimum absolute atomic E-state index is 0.0196. The zero-order valence-corrected chi connectivity index (χ0v) is 14.0. The number of aromatic nitrogens is 2. The number of fused-ring (bicyclic) bond motifs is 1. The number of aromatic amines is 2. The second-order valence-corrected chi connectivity index (χ2v) is 6.55. The van der Waals surface area contributed by atoms with E-state index in [0.717, 1.165) is 33.9 Å². The number of alkyl halides is 1. The maximum atomic E-state index is 11.3. The maximum Gasteiger partial charge on any atom is 0.323 e. The fourth-order valence-electron chi connectivity index (χ4n) is 2.40. The van der Waals surface area contributed by atoms with Crippen LogP contribution in [0, 0.1) is 0 Å². The van der Waals surface area contributed by atoms with E-state index in [1.54, 1.807) is 0 Å². The van der Waals surface area contributed by atoms with E-state index in [1.807, 2.05) is 12.1 Å². The van der Waals surface area contributed by atoms with Crippen LogP contribution in [0.4, 0.5) is 0 Å². The molecule has 0 aliphatic rings. The van der Waals surface area contributed by atoms with Crippen LogP contribution in [0.15, 0.2) is 21.4 Å². The Morgan fingerprint density at radius 1 is 1.15 bits per heavy atom. The van der Waals surface area contributed by atoms with Crippen molar-refractivity contribution in [3.8, 4) is 0 Å². The van der Waals surface area contributed by atoms with Crippen molar-refractivity contribution >= 4 is 38.6 Å². The molecule has 3 nitrogen and oxygen atoms in total. The van der Waals surface area contributed by atoms with Crippen LogP contribution in [0.1, 0.15) is 56.4 Å². The molecule has 5 heteroatoms. The lowest BCUT2D eigenvalue weighted by Crippen LogP contribution is -1.99. The Morgan fingerprint density at radius 2 is 1.80 bits per heavy atom. The van der Waals surface area contributed by atoms with E-state index >= 15 is 0 Å². The first-order valence-corrected chi connectivity index (χ1v) is 8.40. The fourth-order valence-corrected chi connectivity index (χ4v) is 3.48. The van der Waals surface area contributed by atoms with Gasteiger partial charge in [-0.1, -0.05) is 55.0 Å². The van der Waals surface area contributed by atoms with Gasteiger partial charge in [-0.2, -0.15) is 0 Å². The average molecular weight is 360 g/mol. The standard InChI is InChI=1S/C15H20BrClN2O/c1-2-3-4-5-6-7-12(17)10-8-13-14(9-11(10)16)19-15(20)18-13/h8-9,12H,2-7H2,1H3,(H2,18,19,20). The Morgan fingerprint density at radius 3 is 2.50 bits per heavy atom. The van der Waals surface area contributed by atoms with Crippen molar-refractivity contribution in [2.24, 2.45) is 0 Å². The number of rotatable bonds is 7. The number of nitrogens with one attached hydrogen (secondary N) is 2. The van der Waals surface area contributed by atoms with Crippen molar-refractivity contribution in [2.45, 2.75) is 50.8 Å². The molecule has 1 unspecified atom stereocenters. The van der Waals surface area contributed by atoms with Gasteiger partial charge in [0.1, 0.15) is 0 Å². The minimum atomic E-state index is -0.185. The Hall–Kier alpha value is -0.740. The van der Waals surface area contributed by atoms with Crippen molar-refractivity contribution < 1.29 is 0 Å². The summed E-state index contributed by atoms with van der Waals surface area (Å²) in [5.41, 5.74) is 2.47. The summed E-state index contributed by atoms with van der Waals surface area (Å²) in [6, 6.07) is 3.87. The van der Waals surface area contributed by atoms with Gasteiger partial charge in [0.05, 0.1) is 16.4 Å². The van der Waals surface area contributed by atoms with Crippen LogP contribution in [0.2, 0.25) is 0 Å². The summed E-state index contributed by atoms with van der Waals surface area (Å²) >= 11 is 10.0. The number of H-pyrrole nitrogens is 2. The molecule has 20 heavy (non-hydrogen) atoms. The molecule has 0 saturated heterocycles. The van der Waals surface area contributed by atoms with Gasteiger partial charge in [-0.15, -0.1) is 11.6 Å². The molecule has 2 rings (SSSR count). The third kappa shape index (κ3) is 3.89. The van der Waals surface area contributed by atoms with Gasteiger partial charge in [-0.25, -0.2) is 4.79 Å². The molecule has 0 amide bonds. The second-order valence-electron chi connectivity index (χ2n) is 5.17. The molecular formula is C15H20BrClN2O. The first-order valence-electron chi connectivity index (χ1n) is 7.17. The number of halogens is 2. The Kier molecular flexibility index (Phi) is 5.73. The molecule has 0 saturated carbocycles. The third-order valence-corrected chi connectivity index (χ3v) is 4.67. The van der Waals surface area contributed by atoms with E-state index in [-0.39, 0.29) is 11.1 Å². The highest BCUT2D eigenvalue weighted by Gasteiger charge is 2.13. The molecule has 1 atom stereocenters. The molecular weight excluding hydrogens is 340 g/mol. The summed E-state index contributed by atoms with van der Waals surface area (Å²) in [6.45, 7) is 2.22. The fraction of sp³-hybridized carbons (Fsp3) is 0.533. The second kappa shape index (κ2) is 7.32. The van der Waals surface area contributed by atoms with Gasteiger partial charge in [-0.3, -0.25) is 0 Å². The SMILES string of the molecule is CCCCCCCC(Cl)c1cc2[nH]c(=O)[nH]c2cc1Br. The maximum absolute atomic E-state index is 11.3. The predicted molar refractivity (Wildman–Crippen MR) is 88.6 cm³/mol. The number of imidazole rings is 1. The number of hydrogen-bond acceptors (Lipinski definition) is 1. The Bertz CT molecular complexity index is 620. The molecule has 0 radical (unpaired) electrons. The smallest absolute Gasteiger partial charge is 0.306 e. The van der Waals surface area contributed by atoms with Crippen molar-refractivity contribution in [1.29, 1.82) is 0 Å². The molecule has 2 aromatic rings. The number of unbranched alkanes of at least 4 members (excludes halogenated alkanes) is 4. The zero-order valence-electron chi connectivity index (χ0n) is 11.6. The highest BCUT2D eigenvalue weighted by Crippen LogP contribution is 2.34. The zero-order chi connectivity index (χ0) is 14.5. The van der Waals surface area contributed by atoms with E-state index in [4.69, 9.17) is 11.6 Å².